The van der Waals surface area contributed by atoms with Crippen molar-refractivity contribution in [2.75, 3.05) is 13.1 Å². The predicted octanol–water partition coefficient (Wildman–Crippen LogP) is 2.50. The van der Waals surface area contributed by atoms with Gasteiger partial charge in [-0.25, -0.2) is 4.79 Å². The van der Waals surface area contributed by atoms with E-state index in [0.29, 0.717) is 30.2 Å². The molecule has 0 atom stereocenters. The number of carbonyl (C=O) groups is 2. The number of likely N-dealkylation sites (tertiary alicyclic amines) is 1. The first kappa shape index (κ1) is 11.9. The summed E-state index contributed by atoms with van der Waals surface area (Å²) in [7, 11) is 0. The van der Waals surface area contributed by atoms with Crippen molar-refractivity contribution in [3.05, 3.63) is 29.3 Å². The van der Waals surface area contributed by atoms with Crippen LogP contribution in [0, 0.1) is 0 Å². The highest BCUT2D eigenvalue weighted by molar-refractivity contribution is 6.30. The van der Waals surface area contributed by atoms with Crippen molar-refractivity contribution in [1.82, 2.24) is 4.90 Å². The van der Waals surface area contributed by atoms with Crippen molar-refractivity contribution in [3.8, 4) is 5.75 Å². The van der Waals surface area contributed by atoms with Crippen molar-refractivity contribution >= 4 is 23.5 Å². The van der Waals surface area contributed by atoms with Crippen LogP contribution in [0.25, 0.3) is 0 Å². The molecule has 0 aliphatic carbocycles. The molecule has 1 fully saturated rings. The van der Waals surface area contributed by atoms with Gasteiger partial charge in [-0.1, -0.05) is 17.7 Å². The van der Waals surface area contributed by atoms with Gasteiger partial charge in [0.1, 0.15) is 5.75 Å². The summed E-state index contributed by atoms with van der Waals surface area (Å²) in [6, 6.07) is 6.61. The molecule has 5 heteroatoms. The van der Waals surface area contributed by atoms with Gasteiger partial charge in [0.25, 0.3) is 0 Å². The van der Waals surface area contributed by atoms with Gasteiger partial charge in [-0.3, -0.25) is 4.79 Å². The molecule has 0 N–H and O–H groups in total. The summed E-state index contributed by atoms with van der Waals surface area (Å²) in [4.78, 5) is 24.4. The SMILES string of the molecule is O=C1CCCN(C(=O)Oc2cccc(Cl)c2)C1. The lowest BCUT2D eigenvalue weighted by Gasteiger charge is -2.24. The number of amides is 1. The van der Waals surface area contributed by atoms with Crippen LogP contribution in [0.1, 0.15) is 12.8 Å². The van der Waals surface area contributed by atoms with Gasteiger partial charge < -0.3 is 9.64 Å². The largest absolute Gasteiger partial charge is 0.415 e. The second-order valence-electron chi connectivity index (χ2n) is 3.89. The van der Waals surface area contributed by atoms with Gasteiger partial charge in [-0.15, -0.1) is 0 Å². The highest BCUT2D eigenvalue weighted by Gasteiger charge is 2.22. The molecule has 0 radical (unpaired) electrons. The lowest BCUT2D eigenvalue weighted by Crippen LogP contribution is -2.41. The van der Waals surface area contributed by atoms with E-state index in [-0.39, 0.29) is 12.3 Å². The van der Waals surface area contributed by atoms with Crippen LogP contribution in [-0.2, 0) is 4.79 Å². The van der Waals surface area contributed by atoms with E-state index in [1.54, 1.807) is 24.3 Å². The summed E-state index contributed by atoms with van der Waals surface area (Å²) in [6.07, 6.45) is 0.741. The summed E-state index contributed by atoms with van der Waals surface area (Å²) < 4.78 is 5.13. The van der Waals surface area contributed by atoms with Crippen LogP contribution in [0.5, 0.6) is 5.75 Å². The Labute approximate surface area is 104 Å². The first-order valence-corrected chi connectivity index (χ1v) is 5.77. The third-order valence-corrected chi connectivity index (χ3v) is 2.75. The van der Waals surface area contributed by atoms with Gasteiger partial charge in [0.2, 0.25) is 0 Å². The maximum absolute atomic E-state index is 11.7. The van der Waals surface area contributed by atoms with Crippen LogP contribution in [0.4, 0.5) is 4.79 Å². The molecule has 1 aliphatic heterocycles. The van der Waals surface area contributed by atoms with Crippen molar-refractivity contribution in [2.24, 2.45) is 0 Å². The Morgan fingerprint density at radius 3 is 2.94 bits per heavy atom. The highest BCUT2D eigenvalue weighted by Crippen LogP contribution is 2.18. The molecule has 1 aromatic rings. The van der Waals surface area contributed by atoms with Crippen LogP contribution in [0.15, 0.2) is 24.3 Å². The van der Waals surface area contributed by atoms with Crippen molar-refractivity contribution in [2.45, 2.75) is 12.8 Å². The molecule has 4 nitrogen and oxygen atoms in total. The predicted molar refractivity (Wildman–Crippen MR) is 63.3 cm³/mol. The van der Waals surface area contributed by atoms with Crippen molar-refractivity contribution < 1.29 is 14.3 Å². The Morgan fingerprint density at radius 2 is 2.24 bits per heavy atom. The van der Waals surface area contributed by atoms with Gasteiger partial charge in [0, 0.05) is 18.0 Å². The Kier molecular flexibility index (Phi) is 3.64. The smallest absolute Gasteiger partial charge is 0.410 e. The fourth-order valence-electron chi connectivity index (χ4n) is 1.69. The topological polar surface area (TPSA) is 46.6 Å². The normalized spacial score (nSPS) is 15.8. The number of nitrogens with zero attached hydrogens (tertiary/aromatic N) is 1. The van der Waals surface area contributed by atoms with Crippen LogP contribution in [-0.4, -0.2) is 29.9 Å². The second-order valence-corrected chi connectivity index (χ2v) is 4.33. The van der Waals surface area contributed by atoms with Crippen molar-refractivity contribution in [1.29, 1.82) is 0 Å². The van der Waals surface area contributed by atoms with E-state index >= 15 is 0 Å². The number of rotatable bonds is 1. The van der Waals surface area contributed by atoms with Gasteiger partial charge >= 0.3 is 6.09 Å². The average Bonchev–Trinajstić information content (AvgIpc) is 2.29. The Morgan fingerprint density at radius 1 is 1.41 bits per heavy atom. The Bertz CT molecular complexity index is 447. The monoisotopic (exact) mass is 253 g/mol. The molecule has 1 aromatic carbocycles. The summed E-state index contributed by atoms with van der Waals surface area (Å²) in [6.45, 7) is 0.699. The average molecular weight is 254 g/mol. The first-order valence-electron chi connectivity index (χ1n) is 5.39. The van der Waals surface area contributed by atoms with Crippen LogP contribution < -0.4 is 4.74 Å². The molecule has 0 spiro atoms. The van der Waals surface area contributed by atoms with E-state index in [0.717, 1.165) is 0 Å². The molecule has 0 aromatic heterocycles. The molecule has 1 amide bonds. The van der Waals surface area contributed by atoms with E-state index in [1.807, 2.05) is 0 Å². The molecule has 1 aliphatic rings. The third kappa shape index (κ3) is 3.20. The van der Waals surface area contributed by atoms with E-state index in [2.05, 4.69) is 0 Å². The maximum Gasteiger partial charge on any atom is 0.415 e. The minimum absolute atomic E-state index is 0.0688. The highest BCUT2D eigenvalue weighted by atomic mass is 35.5. The van der Waals surface area contributed by atoms with Crippen LogP contribution >= 0.6 is 11.6 Å². The van der Waals surface area contributed by atoms with Gasteiger partial charge in [-0.2, -0.15) is 0 Å². The van der Waals surface area contributed by atoms with Gasteiger partial charge in [-0.05, 0) is 24.6 Å². The second kappa shape index (κ2) is 5.19. The zero-order valence-electron chi connectivity index (χ0n) is 9.19. The molecular weight excluding hydrogens is 242 g/mol. The van der Waals surface area contributed by atoms with Crippen molar-refractivity contribution in [3.63, 3.8) is 0 Å². The zero-order valence-corrected chi connectivity index (χ0v) is 9.94. The number of Topliss-reactive ketones (excluding diaryl/α,β-unsaturated/α-hetero) is 1. The van der Waals surface area contributed by atoms with E-state index in [1.165, 1.54) is 4.90 Å². The van der Waals surface area contributed by atoms with Gasteiger partial charge in [0.15, 0.2) is 5.78 Å². The summed E-state index contributed by atoms with van der Waals surface area (Å²) in [5, 5.41) is 0.505. The van der Waals surface area contributed by atoms with Crippen LogP contribution in [0.3, 0.4) is 0 Å². The van der Waals surface area contributed by atoms with E-state index in [9.17, 15) is 9.59 Å². The molecule has 1 saturated heterocycles. The molecule has 0 saturated carbocycles. The molecule has 2 rings (SSSR count). The standard InChI is InChI=1S/C12H12ClNO3/c13-9-3-1-5-11(7-9)17-12(16)14-6-2-4-10(15)8-14/h1,3,5,7H,2,4,6,8H2. The lowest BCUT2D eigenvalue weighted by molar-refractivity contribution is -0.121. The summed E-state index contributed by atoms with van der Waals surface area (Å²) >= 11 is 5.78. The number of halogens is 1. The fourth-order valence-corrected chi connectivity index (χ4v) is 1.87. The molecule has 1 heterocycles. The molecule has 0 unspecified atom stereocenters. The van der Waals surface area contributed by atoms with Crippen LogP contribution in [0.2, 0.25) is 5.02 Å². The Hall–Kier alpha value is -1.55. The number of hydrogen-bond acceptors (Lipinski definition) is 3. The third-order valence-electron chi connectivity index (χ3n) is 2.51. The number of benzene rings is 1. The minimum Gasteiger partial charge on any atom is -0.410 e. The minimum atomic E-state index is -0.500. The number of ketones is 1. The first-order chi connectivity index (χ1) is 8.15. The summed E-state index contributed by atoms with van der Waals surface area (Å²) in [5.74, 6) is 0.458. The molecular formula is C12H12ClNO3. The molecule has 90 valence electrons. The van der Waals surface area contributed by atoms with Gasteiger partial charge in [0.05, 0.1) is 6.54 Å². The lowest BCUT2D eigenvalue weighted by atomic mass is 10.1. The van der Waals surface area contributed by atoms with E-state index in [4.69, 9.17) is 16.3 Å². The molecule has 17 heavy (non-hydrogen) atoms. The zero-order chi connectivity index (χ0) is 12.3. The summed E-state index contributed by atoms with van der Waals surface area (Å²) in [5.41, 5.74) is 0. The molecule has 0 bridgehead atoms. The fraction of sp³-hybridized carbons (Fsp3) is 0.333. The number of carbonyl (C=O) groups excluding carboxylic acids is 2. The maximum atomic E-state index is 11.7. The Balaban J connectivity index is 1.99. The quantitative estimate of drug-likeness (QED) is 0.773. The number of piperidine rings is 1. The number of hydrogen-bond donors (Lipinski definition) is 0. The van der Waals surface area contributed by atoms with E-state index < -0.39 is 6.09 Å². The number of ether oxygens (including phenoxy) is 1.